The third-order valence-electron chi connectivity index (χ3n) is 2.56. The van der Waals surface area contributed by atoms with E-state index in [0.29, 0.717) is 6.54 Å². The highest BCUT2D eigenvalue weighted by Crippen LogP contribution is 2.11. The molecule has 0 aliphatic rings. The number of anilines is 1. The van der Waals surface area contributed by atoms with Crippen molar-refractivity contribution < 1.29 is 4.79 Å². The van der Waals surface area contributed by atoms with E-state index in [-0.39, 0.29) is 6.03 Å². The molecule has 0 unspecified atom stereocenters. The van der Waals surface area contributed by atoms with Gasteiger partial charge in [-0.2, -0.15) is 0 Å². The van der Waals surface area contributed by atoms with Crippen molar-refractivity contribution in [2.45, 2.75) is 26.7 Å². The highest BCUT2D eigenvalue weighted by molar-refractivity contribution is 5.89. The third kappa shape index (κ3) is 3.57. The molecule has 0 fully saturated rings. The van der Waals surface area contributed by atoms with Crippen LogP contribution in [0.5, 0.6) is 0 Å². The van der Waals surface area contributed by atoms with Gasteiger partial charge in [-0.25, -0.2) is 4.79 Å². The molecule has 0 spiro atoms. The van der Waals surface area contributed by atoms with E-state index in [0.717, 1.165) is 18.5 Å². The summed E-state index contributed by atoms with van der Waals surface area (Å²) in [6.07, 6.45) is 2.23. The van der Waals surface area contributed by atoms with Crippen molar-refractivity contribution in [3.63, 3.8) is 0 Å². The second-order valence-electron chi connectivity index (χ2n) is 3.89. The van der Waals surface area contributed by atoms with Crippen molar-refractivity contribution in [3.8, 4) is 0 Å². The van der Waals surface area contributed by atoms with Gasteiger partial charge < -0.3 is 10.2 Å². The molecule has 0 saturated carbocycles. The first-order chi connectivity index (χ1) is 7.67. The largest absolute Gasteiger partial charge is 0.328 e. The van der Waals surface area contributed by atoms with E-state index in [1.807, 2.05) is 19.1 Å². The molecule has 16 heavy (non-hydrogen) atoms. The number of benzene rings is 1. The average molecular weight is 220 g/mol. The molecule has 88 valence electrons. The summed E-state index contributed by atoms with van der Waals surface area (Å²) >= 11 is 0. The minimum atomic E-state index is -0.0641. The van der Waals surface area contributed by atoms with E-state index in [1.54, 1.807) is 11.9 Å². The van der Waals surface area contributed by atoms with Crippen molar-refractivity contribution >= 4 is 11.7 Å². The lowest BCUT2D eigenvalue weighted by Gasteiger charge is -2.15. The van der Waals surface area contributed by atoms with E-state index >= 15 is 0 Å². The first-order valence-electron chi connectivity index (χ1n) is 5.78. The fraction of sp³-hybridized carbons (Fsp3) is 0.462. The number of urea groups is 1. The number of rotatable bonds is 4. The zero-order valence-corrected chi connectivity index (χ0v) is 10.3. The standard InChI is InChI=1S/C13H20N2O/c1-4-6-11-7-9-12(10-8-11)14-13(16)15(3)5-2/h7-10H,4-6H2,1-3H3,(H,14,16). The van der Waals surface area contributed by atoms with Crippen molar-refractivity contribution in [1.82, 2.24) is 4.90 Å². The van der Waals surface area contributed by atoms with Gasteiger partial charge in [0.25, 0.3) is 0 Å². The van der Waals surface area contributed by atoms with Crippen LogP contribution in [0.4, 0.5) is 10.5 Å². The molecule has 0 heterocycles. The summed E-state index contributed by atoms with van der Waals surface area (Å²) < 4.78 is 0. The minimum Gasteiger partial charge on any atom is -0.328 e. The molecular weight excluding hydrogens is 200 g/mol. The zero-order chi connectivity index (χ0) is 12.0. The normalized spacial score (nSPS) is 9.94. The third-order valence-corrected chi connectivity index (χ3v) is 2.56. The van der Waals surface area contributed by atoms with Crippen LogP contribution in [-0.4, -0.2) is 24.5 Å². The summed E-state index contributed by atoms with van der Waals surface area (Å²) in [5, 5.41) is 2.85. The van der Waals surface area contributed by atoms with Crippen LogP contribution in [0.2, 0.25) is 0 Å². The molecule has 0 saturated heterocycles. The average Bonchev–Trinajstić information content (AvgIpc) is 2.31. The van der Waals surface area contributed by atoms with Gasteiger partial charge in [-0.15, -0.1) is 0 Å². The molecule has 0 atom stereocenters. The molecule has 0 radical (unpaired) electrons. The Hall–Kier alpha value is -1.51. The smallest absolute Gasteiger partial charge is 0.321 e. The summed E-state index contributed by atoms with van der Waals surface area (Å²) in [6, 6.07) is 7.96. The van der Waals surface area contributed by atoms with Crippen LogP contribution in [0.1, 0.15) is 25.8 Å². The highest BCUT2D eigenvalue weighted by atomic mass is 16.2. The molecule has 0 aromatic heterocycles. The van der Waals surface area contributed by atoms with Gasteiger partial charge in [0.1, 0.15) is 0 Å². The SMILES string of the molecule is CCCc1ccc(NC(=O)N(C)CC)cc1. The quantitative estimate of drug-likeness (QED) is 0.830. The summed E-state index contributed by atoms with van der Waals surface area (Å²) in [5.74, 6) is 0. The molecular formula is C13H20N2O. The zero-order valence-electron chi connectivity index (χ0n) is 10.3. The van der Waals surface area contributed by atoms with Crippen molar-refractivity contribution in [3.05, 3.63) is 29.8 Å². The molecule has 1 aromatic rings. The molecule has 1 rings (SSSR count). The molecule has 0 aliphatic carbocycles. The highest BCUT2D eigenvalue weighted by Gasteiger charge is 2.05. The minimum absolute atomic E-state index is 0.0641. The maximum absolute atomic E-state index is 11.6. The predicted octanol–water partition coefficient (Wildman–Crippen LogP) is 3.12. The monoisotopic (exact) mass is 220 g/mol. The van der Waals surface area contributed by atoms with Gasteiger partial charge in [0.15, 0.2) is 0 Å². The Morgan fingerprint density at radius 2 is 1.88 bits per heavy atom. The van der Waals surface area contributed by atoms with E-state index in [4.69, 9.17) is 0 Å². The molecule has 3 heteroatoms. The first kappa shape index (κ1) is 12.6. The molecule has 3 nitrogen and oxygen atoms in total. The molecule has 1 aromatic carbocycles. The van der Waals surface area contributed by atoms with Gasteiger partial charge in [-0.1, -0.05) is 25.5 Å². The predicted molar refractivity (Wildman–Crippen MR) is 67.8 cm³/mol. The number of carbonyl (C=O) groups excluding carboxylic acids is 1. The molecule has 0 aliphatic heterocycles. The summed E-state index contributed by atoms with van der Waals surface area (Å²) in [7, 11) is 1.78. The van der Waals surface area contributed by atoms with Crippen molar-refractivity contribution in [1.29, 1.82) is 0 Å². The Morgan fingerprint density at radius 3 is 2.38 bits per heavy atom. The van der Waals surface area contributed by atoms with E-state index in [9.17, 15) is 4.79 Å². The summed E-state index contributed by atoms with van der Waals surface area (Å²) in [6.45, 7) is 4.82. The van der Waals surface area contributed by atoms with Gasteiger partial charge in [-0.3, -0.25) is 0 Å². The maximum Gasteiger partial charge on any atom is 0.321 e. The van der Waals surface area contributed by atoms with Crippen molar-refractivity contribution in [2.75, 3.05) is 18.9 Å². The van der Waals surface area contributed by atoms with Gasteiger partial charge in [0.2, 0.25) is 0 Å². The molecule has 1 N–H and O–H groups in total. The molecule has 2 amide bonds. The number of hydrogen-bond acceptors (Lipinski definition) is 1. The summed E-state index contributed by atoms with van der Waals surface area (Å²) in [4.78, 5) is 13.2. The summed E-state index contributed by atoms with van der Waals surface area (Å²) in [5.41, 5.74) is 2.16. The van der Waals surface area contributed by atoms with E-state index in [1.165, 1.54) is 5.56 Å². The fourth-order valence-corrected chi connectivity index (χ4v) is 1.41. The van der Waals surface area contributed by atoms with Crippen LogP contribution in [0.3, 0.4) is 0 Å². The lowest BCUT2D eigenvalue weighted by Crippen LogP contribution is -2.30. The second-order valence-corrected chi connectivity index (χ2v) is 3.89. The van der Waals surface area contributed by atoms with Crippen LogP contribution in [0, 0.1) is 0 Å². The van der Waals surface area contributed by atoms with Crippen LogP contribution < -0.4 is 5.32 Å². The number of nitrogens with one attached hydrogen (secondary N) is 1. The molecule has 0 bridgehead atoms. The van der Waals surface area contributed by atoms with Gasteiger partial charge >= 0.3 is 6.03 Å². The number of aryl methyl sites for hydroxylation is 1. The van der Waals surface area contributed by atoms with Gasteiger partial charge in [0.05, 0.1) is 0 Å². The van der Waals surface area contributed by atoms with Gasteiger partial charge in [-0.05, 0) is 31.0 Å². The lowest BCUT2D eigenvalue weighted by atomic mass is 10.1. The van der Waals surface area contributed by atoms with E-state index < -0.39 is 0 Å². The van der Waals surface area contributed by atoms with Crippen LogP contribution in [-0.2, 0) is 6.42 Å². The lowest BCUT2D eigenvalue weighted by molar-refractivity contribution is 0.224. The van der Waals surface area contributed by atoms with Crippen molar-refractivity contribution in [2.24, 2.45) is 0 Å². The van der Waals surface area contributed by atoms with Crippen LogP contribution >= 0.6 is 0 Å². The Morgan fingerprint density at radius 1 is 1.25 bits per heavy atom. The Balaban J connectivity index is 2.58. The number of amides is 2. The fourth-order valence-electron chi connectivity index (χ4n) is 1.41. The van der Waals surface area contributed by atoms with Crippen LogP contribution in [0.25, 0.3) is 0 Å². The Kier molecular flexibility index (Phi) is 4.83. The Bertz CT molecular complexity index is 332. The Labute approximate surface area is 97.5 Å². The number of nitrogens with zero attached hydrogens (tertiary/aromatic N) is 1. The van der Waals surface area contributed by atoms with E-state index in [2.05, 4.69) is 24.4 Å². The second kappa shape index (κ2) is 6.16. The van der Waals surface area contributed by atoms with Gasteiger partial charge in [0, 0.05) is 19.3 Å². The number of carbonyl (C=O) groups is 1. The topological polar surface area (TPSA) is 32.3 Å². The maximum atomic E-state index is 11.6. The first-order valence-corrected chi connectivity index (χ1v) is 5.78. The number of hydrogen-bond donors (Lipinski definition) is 1. The van der Waals surface area contributed by atoms with Crippen LogP contribution in [0.15, 0.2) is 24.3 Å².